The van der Waals surface area contributed by atoms with Crippen LogP contribution in [0.4, 0.5) is 11.4 Å². The third-order valence-corrected chi connectivity index (χ3v) is 9.36. The van der Waals surface area contributed by atoms with E-state index in [0.717, 1.165) is 0 Å². The summed E-state index contributed by atoms with van der Waals surface area (Å²) in [6.45, 7) is 0. The molecule has 9 rings (SSSR count). The molecule has 1 aliphatic heterocycles. The van der Waals surface area contributed by atoms with Crippen molar-refractivity contribution in [3.8, 4) is 11.1 Å². The molecule has 202 valence electrons. The van der Waals surface area contributed by atoms with Crippen molar-refractivity contribution in [3.63, 3.8) is 0 Å². The van der Waals surface area contributed by atoms with Crippen molar-refractivity contribution in [3.05, 3.63) is 175 Å². The first-order chi connectivity index (χ1) is 21.3. The molecule has 0 fully saturated rings. The molecule has 7 aromatic rings. The summed E-state index contributed by atoms with van der Waals surface area (Å²) in [6.07, 6.45) is 7.20. The number of para-hydroxylation sites is 2. The second-order valence-corrected chi connectivity index (χ2v) is 11.7. The molecule has 0 saturated heterocycles. The Labute approximate surface area is 251 Å². The minimum atomic E-state index is 0.273. The smallest absolute Gasteiger partial charge is 0.0630 e. The number of rotatable bonds is 3. The van der Waals surface area contributed by atoms with Gasteiger partial charge < -0.3 is 4.90 Å². The van der Waals surface area contributed by atoms with E-state index in [1.807, 2.05) is 0 Å². The van der Waals surface area contributed by atoms with Crippen LogP contribution < -0.4 is 4.90 Å². The number of benzene rings is 7. The Morgan fingerprint density at radius 1 is 0.442 bits per heavy atom. The van der Waals surface area contributed by atoms with Gasteiger partial charge in [-0.1, -0.05) is 133 Å². The van der Waals surface area contributed by atoms with E-state index in [4.69, 9.17) is 0 Å². The van der Waals surface area contributed by atoms with Crippen LogP contribution >= 0.6 is 0 Å². The zero-order chi connectivity index (χ0) is 28.3. The Morgan fingerprint density at radius 2 is 1.05 bits per heavy atom. The van der Waals surface area contributed by atoms with Gasteiger partial charge in [-0.2, -0.15) is 0 Å². The first kappa shape index (κ1) is 24.2. The van der Waals surface area contributed by atoms with Crippen molar-refractivity contribution >= 4 is 49.3 Å². The highest BCUT2D eigenvalue weighted by atomic mass is 15.2. The van der Waals surface area contributed by atoms with Crippen LogP contribution in [-0.4, -0.2) is 6.04 Å². The number of hydrogen-bond donors (Lipinski definition) is 0. The van der Waals surface area contributed by atoms with Gasteiger partial charge in [0.15, 0.2) is 0 Å². The highest BCUT2D eigenvalue weighted by Crippen LogP contribution is 2.49. The van der Waals surface area contributed by atoms with Crippen molar-refractivity contribution in [2.75, 3.05) is 4.90 Å². The van der Waals surface area contributed by atoms with Gasteiger partial charge in [0.1, 0.15) is 0 Å². The molecule has 2 aliphatic rings. The van der Waals surface area contributed by atoms with Crippen molar-refractivity contribution in [2.45, 2.75) is 12.0 Å². The Balaban J connectivity index is 1.13. The van der Waals surface area contributed by atoms with Crippen molar-refractivity contribution in [1.82, 2.24) is 0 Å². The third-order valence-electron chi connectivity index (χ3n) is 9.36. The molecule has 0 bridgehead atoms. The van der Waals surface area contributed by atoms with Gasteiger partial charge >= 0.3 is 0 Å². The zero-order valence-electron chi connectivity index (χ0n) is 23.7. The van der Waals surface area contributed by atoms with Gasteiger partial charge in [-0.05, 0) is 90.5 Å². The van der Waals surface area contributed by atoms with E-state index in [1.165, 1.54) is 71.5 Å². The summed E-state index contributed by atoms with van der Waals surface area (Å²) < 4.78 is 0. The minimum absolute atomic E-state index is 0.273. The van der Waals surface area contributed by atoms with Crippen LogP contribution in [0.2, 0.25) is 0 Å². The molecule has 2 unspecified atom stereocenters. The maximum absolute atomic E-state index is 2.49. The second-order valence-electron chi connectivity index (χ2n) is 11.7. The molecule has 2 atom stereocenters. The molecule has 1 aliphatic carbocycles. The SMILES string of the molecule is C1=CC2C(C=C1c1cccc(-c3ccc4c5ccccc5c5ccccc5c4c3)c1)c1ccccc1N2c1ccccc1. The van der Waals surface area contributed by atoms with E-state index in [9.17, 15) is 0 Å². The van der Waals surface area contributed by atoms with Gasteiger partial charge in [-0.25, -0.2) is 0 Å². The van der Waals surface area contributed by atoms with Crippen LogP contribution in [0.25, 0.3) is 49.0 Å². The van der Waals surface area contributed by atoms with Gasteiger partial charge in [0, 0.05) is 17.3 Å². The summed E-state index contributed by atoms with van der Waals surface area (Å²) in [5.74, 6) is 0.306. The highest BCUT2D eigenvalue weighted by Gasteiger charge is 2.38. The van der Waals surface area contributed by atoms with Gasteiger partial charge in [0.2, 0.25) is 0 Å². The Kier molecular flexibility index (Phi) is 5.39. The molecule has 0 aromatic heterocycles. The largest absolute Gasteiger partial charge is 0.333 e. The van der Waals surface area contributed by atoms with Crippen LogP contribution in [0.15, 0.2) is 164 Å². The summed E-state index contributed by atoms with van der Waals surface area (Å²) in [7, 11) is 0. The third kappa shape index (κ3) is 3.78. The summed E-state index contributed by atoms with van der Waals surface area (Å²) in [4.78, 5) is 2.49. The summed E-state index contributed by atoms with van der Waals surface area (Å²) in [6, 6.07) is 53.5. The number of allylic oxidation sites excluding steroid dienone is 2. The Morgan fingerprint density at radius 3 is 1.81 bits per heavy atom. The maximum Gasteiger partial charge on any atom is 0.0630 e. The monoisotopic (exact) mass is 547 g/mol. The van der Waals surface area contributed by atoms with Gasteiger partial charge in [-0.3, -0.25) is 0 Å². The summed E-state index contributed by atoms with van der Waals surface area (Å²) in [5.41, 5.74) is 8.96. The number of nitrogens with zero attached hydrogens (tertiary/aromatic N) is 1. The normalized spacial score (nSPS) is 17.3. The zero-order valence-corrected chi connectivity index (χ0v) is 23.7. The average Bonchev–Trinajstić information content (AvgIpc) is 3.42. The van der Waals surface area contributed by atoms with Crippen LogP contribution in [0, 0.1) is 0 Å². The van der Waals surface area contributed by atoms with Gasteiger partial charge in [-0.15, -0.1) is 0 Å². The lowest BCUT2D eigenvalue weighted by Gasteiger charge is -2.29. The fourth-order valence-corrected chi connectivity index (χ4v) is 7.40. The molecule has 43 heavy (non-hydrogen) atoms. The van der Waals surface area contributed by atoms with Crippen molar-refractivity contribution in [1.29, 1.82) is 0 Å². The Bertz CT molecular complexity index is 2220. The molecular formula is C42H29N. The predicted molar refractivity (Wildman–Crippen MR) is 183 cm³/mol. The summed E-state index contributed by atoms with van der Waals surface area (Å²) >= 11 is 0. The van der Waals surface area contributed by atoms with Crippen LogP contribution in [0.5, 0.6) is 0 Å². The van der Waals surface area contributed by atoms with E-state index in [2.05, 4.69) is 169 Å². The van der Waals surface area contributed by atoms with E-state index < -0.39 is 0 Å². The summed E-state index contributed by atoms with van der Waals surface area (Å²) in [5, 5.41) is 7.85. The lowest BCUT2D eigenvalue weighted by Crippen LogP contribution is -2.28. The van der Waals surface area contributed by atoms with Crippen LogP contribution in [0.3, 0.4) is 0 Å². The molecule has 0 radical (unpaired) electrons. The molecule has 0 spiro atoms. The first-order valence-corrected chi connectivity index (χ1v) is 15.1. The first-order valence-electron chi connectivity index (χ1n) is 15.1. The number of hydrogen-bond acceptors (Lipinski definition) is 1. The Hall–Kier alpha value is -5.40. The second kappa shape index (κ2) is 9.58. The quantitative estimate of drug-likeness (QED) is 0.199. The average molecular weight is 548 g/mol. The molecule has 7 aromatic carbocycles. The molecule has 0 saturated carbocycles. The van der Waals surface area contributed by atoms with Crippen molar-refractivity contribution < 1.29 is 0 Å². The molecule has 0 N–H and O–H groups in total. The van der Waals surface area contributed by atoms with Gasteiger partial charge in [0.05, 0.1) is 6.04 Å². The fraction of sp³-hybridized carbons (Fsp3) is 0.0476. The lowest BCUT2D eigenvalue weighted by atomic mass is 9.85. The van der Waals surface area contributed by atoms with Crippen molar-refractivity contribution in [2.24, 2.45) is 0 Å². The standard InChI is InChI=1S/C42H29N/c1-2-13-32(14-3-1)43-41-20-9-8-19-38(41)40-27-31(22-24-42(40)43)29-12-10-11-28(25-29)30-21-23-37-35-17-5-4-15-33(35)34-16-6-7-18-36(34)39(37)26-30/h1-27,40,42H. The fourth-order valence-electron chi connectivity index (χ4n) is 7.40. The van der Waals surface area contributed by atoms with E-state index in [-0.39, 0.29) is 6.04 Å². The molecule has 1 heteroatoms. The van der Waals surface area contributed by atoms with Crippen LogP contribution in [-0.2, 0) is 0 Å². The molecule has 0 amide bonds. The van der Waals surface area contributed by atoms with Crippen LogP contribution in [0.1, 0.15) is 17.0 Å². The van der Waals surface area contributed by atoms with E-state index >= 15 is 0 Å². The highest BCUT2D eigenvalue weighted by molar-refractivity contribution is 6.25. The van der Waals surface area contributed by atoms with E-state index in [1.54, 1.807) is 0 Å². The molecular weight excluding hydrogens is 518 g/mol. The lowest BCUT2D eigenvalue weighted by molar-refractivity contribution is 0.747. The molecule has 1 nitrogen and oxygen atoms in total. The molecule has 1 heterocycles. The number of anilines is 2. The minimum Gasteiger partial charge on any atom is -0.333 e. The predicted octanol–water partition coefficient (Wildman–Crippen LogP) is 11.1. The van der Waals surface area contributed by atoms with E-state index in [0.29, 0.717) is 5.92 Å². The topological polar surface area (TPSA) is 3.24 Å². The number of fused-ring (bicyclic) bond motifs is 9. The van der Waals surface area contributed by atoms with Gasteiger partial charge in [0.25, 0.3) is 0 Å². The maximum atomic E-state index is 2.49.